The van der Waals surface area contributed by atoms with Gasteiger partial charge in [-0.05, 0) is 55.9 Å². The highest BCUT2D eigenvalue weighted by molar-refractivity contribution is 5.85. The SMILES string of the molecule is CC=O.CNCc1cccc(C2=CC3(CCN(C)CC3)Oc3ccccc32)c1. The molecule has 2 aliphatic heterocycles. The normalized spacial score (nSPS) is 17.6. The number of hydrogen-bond donors (Lipinski definition) is 1. The molecule has 1 spiro atoms. The van der Waals surface area contributed by atoms with Crippen LogP contribution in [-0.2, 0) is 11.3 Å². The fraction of sp³-hybridized carbons (Fsp3) is 0.375. The maximum Gasteiger partial charge on any atom is 0.130 e. The van der Waals surface area contributed by atoms with Crippen LogP contribution in [0, 0.1) is 0 Å². The monoisotopic (exact) mass is 378 g/mol. The number of carbonyl (C=O) groups is 1. The molecule has 0 aromatic heterocycles. The first-order chi connectivity index (χ1) is 13.6. The summed E-state index contributed by atoms with van der Waals surface area (Å²) in [6.07, 6.45) is 5.22. The average Bonchev–Trinajstić information content (AvgIpc) is 2.71. The first kappa shape index (κ1) is 20.3. The molecule has 1 fully saturated rings. The molecular formula is C24H30N2O2. The van der Waals surface area contributed by atoms with Crippen LogP contribution >= 0.6 is 0 Å². The topological polar surface area (TPSA) is 41.6 Å². The Morgan fingerprint density at radius 2 is 1.86 bits per heavy atom. The van der Waals surface area contributed by atoms with Gasteiger partial charge in [0.1, 0.15) is 17.6 Å². The Morgan fingerprint density at radius 1 is 1.14 bits per heavy atom. The van der Waals surface area contributed by atoms with Crippen molar-refractivity contribution in [2.24, 2.45) is 0 Å². The second kappa shape index (κ2) is 9.18. The van der Waals surface area contributed by atoms with E-state index < -0.39 is 0 Å². The van der Waals surface area contributed by atoms with Crippen molar-refractivity contribution in [3.8, 4) is 5.75 Å². The van der Waals surface area contributed by atoms with Crippen LogP contribution in [0.1, 0.15) is 36.5 Å². The molecule has 1 saturated heterocycles. The van der Waals surface area contributed by atoms with Crippen LogP contribution in [-0.4, -0.2) is 44.0 Å². The van der Waals surface area contributed by atoms with E-state index in [1.807, 2.05) is 7.05 Å². The molecule has 2 aliphatic rings. The molecule has 4 heteroatoms. The average molecular weight is 379 g/mol. The summed E-state index contributed by atoms with van der Waals surface area (Å²) in [5.41, 5.74) is 4.93. The van der Waals surface area contributed by atoms with Gasteiger partial charge in [-0.25, -0.2) is 0 Å². The first-order valence-electron chi connectivity index (χ1n) is 9.94. The summed E-state index contributed by atoms with van der Waals surface area (Å²) < 4.78 is 6.52. The number of likely N-dealkylation sites (tertiary alicyclic amines) is 1. The van der Waals surface area contributed by atoms with Crippen LogP contribution in [0.15, 0.2) is 54.6 Å². The number of rotatable bonds is 3. The smallest absolute Gasteiger partial charge is 0.130 e. The van der Waals surface area contributed by atoms with Crippen molar-refractivity contribution >= 4 is 11.9 Å². The van der Waals surface area contributed by atoms with Gasteiger partial charge in [-0.1, -0.05) is 36.4 Å². The Morgan fingerprint density at radius 3 is 2.57 bits per heavy atom. The van der Waals surface area contributed by atoms with E-state index in [1.165, 1.54) is 29.2 Å². The number of hydrogen-bond acceptors (Lipinski definition) is 4. The van der Waals surface area contributed by atoms with E-state index in [-0.39, 0.29) is 5.60 Å². The molecule has 2 aromatic carbocycles. The molecule has 0 amide bonds. The van der Waals surface area contributed by atoms with Gasteiger partial charge in [-0.2, -0.15) is 0 Å². The summed E-state index contributed by atoms with van der Waals surface area (Å²) in [5, 5.41) is 3.25. The molecule has 0 bridgehead atoms. The fourth-order valence-corrected chi connectivity index (χ4v) is 3.90. The third-order valence-electron chi connectivity index (χ3n) is 5.35. The van der Waals surface area contributed by atoms with E-state index in [4.69, 9.17) is 9.53 Å². The fourth-order valence-electron chi connectivity index (χ4n) is 3.90. The second-order valence-electron chi connectivity index (χ2n) is 7.49. The Kier molecular flexibility index (Phi) is 6.65. The molecule has 0 radical (unpaired) electrons. The molecule has 0 unspecified atom stereocenters. The minimum atomic E-state index is -0.171. The van der Waals surface area contributed by atoms with Gasteiger partial charge in [-0.3, -0.25) is 0 Å². The first-order valence-corrected chi connectivity index (χ1v) is 9.94. The number of carbonyl (C=O) groups excluding carboxylic acids is 1. The third-order valence-corrected chi connectivity index (χ3v) is 5.35. The quantitative estimate of drug-likeness (QED) is 0.823. The Balaban J connectivity index is 0.000000706. The summed E-state index contributed by atoms with van der Waals surface area (Å²) in [7, 11) is 4.18. The largest absolute Gasteiger partial charge is 0.482 e. The van der Waals surface area contributed by atoms with Crippen molar-refractivity contribution in [3.63, 3.8) is 0 Å². The molecule has 1 N–H and O–H groups in total. The summed E-state index contributed by atoms with van der Waals surface area (Å²) >= 11 is 0. The summed E-state index contributed by atoms with van der Waals surface area (Å²) in [6.45, 7) is 4.48. The Hall–Kier alpha value is -2.43. The van der Waals surface area contributed by atoms with E-state index in [0.717, 1.165) is 44.5 Å². The lowest BCUT2D eigenvalue weighted by Crippen LogP contribution is -2.46. The van der Waals surface area contributed by atoms with Gasteiger partial charge in [0.2, 0.25) is 0 Å². The second-order valence-corrected chi connectivity index (χ2v) is 7.49. The van der Waals surface area contributed by atoms with Gasteiger partial charge in [0.15, 0.2) is 0 Å². The Bertz CT molecular complexity index is 836. The zero-order valence-corrected chi connectivity index (χ0v) is 17.1. The van der Waals surface area contributed by atoms with Crippen LogP contribution in [0.2, 0.25) is 0 Å². The highest BCUT2D eigenvalue weighted by Crippen LogP contribution is 2.43. The van der Waals surface area contributed by atoms with E-state index in [2.05, 4.69) is 71.9 Å². The highest BCUT2D eigenvalue weighted by Gasteiger charge is 2.38. The number of benzene rings is 2. The van der Waals surface area contributed by atoms with Gasteiger partial charge >= 0.3 is 0 Å². The molecule has 4 nitrogen and oxygen atoms in total. The van der Waals surface area contributed by atoms with Gasteiger partial charge in [0.05, 0.1) is 0 Å². The lowest BCUT2D eigenvalue weighted by Gasteiger charge is -2.42. The van der Waals surface area contributed by atoms with Crippen molar-refractivity contribution in [2.45, 2.75) is 31.9 Å². The molecular weight excluding hydrogens is 348 g/mol. The number of nitrogens with one attached hydrogen (secondary N) is 1. The van der Waals surface area contributed by atoms with Crippen molar-refractivity contribution in [1.29, 1.82) is 0 Å². The molecule has 148 valence electrons. The molecule has 2 aromatic rings. The molecule has 0 atom stereocenters. The summed E-state index contributed by atoms with van der Waals surface area (Å²) in [4.78, 5) is 11.2. The van der Waals surface area contributed by atoms with Gasteiger partial charge in [-0.15, -0.1) is 0 Å². The molecule has 0 saturated carbocycles. The van der Waals surface area contributed by atoms with Gasteiger partial charge in [0.25, 0.3) is 0 Å². The van der Waals surface area contributed by atoms with Crippen molar-refractivity contribution in [1.82, 2.24) is 10.2 Å². The van der Waals surface area contributed by atoms with E-state index in [1.54, 1.807) is 0 Å². The molecule has 2 heterocycles. The number of aldehydes is 1. The predicted octanol–water partition coefficient (Wildman–Crippen LogP) is 3.90. The van der Waals surface area contributed by atoms with Crippen LogP contribution < -0.4 is 10.1 Å². The molecule has 28 heavy (non-hydrogen) atoms. The van der Waals surface area contributed by atoms with Crippen LogP contribution in [0.4, 0.5) is 0 Å². The maximum absolute atomic E-state index is 8.81. The third kappa shape index (κ3) is 4.51. The van der Waals surface area contributed by atoms with Gasteiger partial charge < -0.3 is 19.7 Å². The number of para-hydroxylation sites is 1. The number of nitrogens with zero attached hydrogens (tertiary/aromatic N) is 1. The maximum atomic E-state index is 8.81. The number of ether oxygens (including phenoxy) is 1. The number of fused-ring (bicyclic) bond motifs is 1. The molecule has 0 aliphatic carbocycles. The van der Waals surface area contributed by atoms with Crippen LogP contribution in [0.25, 0.3) is 5.57 Å². The minimum Gasteiger partial charge on any atom is -0.482 e. The lowest BCUT2D eigenvalue weighted by molar-refractivity contribution is -0.106. The Labute approximate surface area is 168 Å². The van der Waals surface area contributed by atoms with Crippen molar-refractivity contribution in [3.05, 3.63) is 71.3 Å². The van der Waals surface area contributed by atoms with Crippen LogP contribution in [0.3, 0.4) is 0 Å². The van der Waals surface area contributed by atoms with E-state index >= 15 is 0 Å². The zero-order chi connectivity index (χ0) is 20.0. The zero-order valence-electron chi connectivity index (χ0n) is 17.1. The van der Waals surface area contributed by atoms with Gasteiger partial charge in [0, 0.05) is 38.0 Å². The lowest BCUT2D eigenvalue weighted by atomic mass is 9.83. The van der Waals surface area contributed by atoms with E-state index in [9.17, 15) is 0 Å². The number of piperidine rings is 1. The van der Waals surface area contributed by atoms with Crippen LogP contribution in [0.5, 0.6) is 5.75 Å². The minimum absolute atomic E-state index is 0.171. The van der Waals surface area contributed by atoms with E-state index in [0.29, 0.717) is 0 Å². The predicted molar refractivity (Wildman–Crippen MR) is 115 cm³/mol. The molecule has 4 rings (SSSR count). The van der Waals surface area contributed by atoms with Crippen molar-refractivity contribution in [2.75, 3.05) is 27.2 Å². The summed E-state index contributed by atoms with van der Waals surface area (Å²) in [5.74, 6) is 1.02. The standard InChI is InChI=1S/C22H26N2O.C2H4O/c1-23-16-17-6-5-7-18(14-17)20-15-22(10-12-24(2)13-11-22)25-21-9-4-3-8-19(20)21;1-2-3/h3-9,14-15,23H,10-13,16H2,1-2H3;2H,1H3. The van der Waals surface area contributed by atoms with Crippen molar-refractivity contribution < 1.29 is 9.53 Å². The summed E-state index contributed by atoms with van der Waals surface area (Å²) in [6, 6.07) is 17.3. The highest BCUT2D eigenvalue weighted by atomic mass is 16.5.